The Bertz CT molecular complexity index is 1240. The van der Waals surface area contributed by atoms with Crippen molar-refractivity contribution in [3.05, 3.63) is 69.3 Å². The van der Waals surface area contributed by atoms with E-state index in [0.717, 1.165) is 12.2 Å². The van der Waals surface area contributed by atoms with E-state index in [4.69, 9.17) is 0 Å². The molecule has 0 unspecified atom stereocenters. The third kappa shape index (κ3) is 3.20. The third-order valence-corrected chi connectivity index (χ3v) is 5.82. The van der Waals surface area contributed by atoms with E-state index in [2.05, 4.69) is 42.2 Å². The van der Waals surface area contributed by atoms with Crippen LogP contribution in [0.4, 0.5) is 4.39 Å². The summed E-state index contributed by atoms with van der Waals surface area (Å²) in [6.07, 6.45) is 0.772. The summed E-state index contributed by atoms with van der Waals surface area (Å²) in [6, 6.07) is 10.7. The molecule has 0 amide bonds. The first kappa shape index (κ1) is 18.7. The Kier molecular flexibility index (Phi) is 4.93. The average molecular weight is 396 g/mol. The first-order valence-electron chi connectivity index (χ1n) is 9.25. The second-order valence-electron chi connectivity index (χ2n) is 6.95. The van der Waals surface area contributed by atoms with Gasteiger partial charge < -0.3 is 0 Å². The molecular weight excluding hydrogens is 375 g/mol. The highest BCUT2D eigenvalue weighted by Gasteiger charge is 2.17. The molecule has 0 N–H and O–H groups in total. The monoisotopic (exact) mass is 396 g/mol. The van der Waals surface area contributed by atoms with Gasteiger partial charge in [0.15, 0.2) is 5.16 Å². The maximum atomic E-state index is 13.8. The summed E-state index contributed by atoms with van der Waals surface area (Å²) in [5.41, 5.74) is 4.07. The van der Waals surface area contributed by atoms with Crippen LogP contribution in [0.15, 0.2) is 46.3 Å². The van der Waals surface area contributed by atoms with E-state index in [-0.39, 0.29) is 5.56 Å². The summed E-state index contributed by atoms with van der Waals surface area (Å²) in [5, 5.41) is 9.66. The fraction of sp³-hybridized carbons (Fsp3) is 0.286. The van der Waals surface area contributed by atoms with E-state index in [9.17, 15) is 9.18 Å². The summed E-state index contributed by atoms with van der Waals surface area (Å²) in [7, 11) is 0. The summed E-state index contributed by atoms with van der Waals surface area (Å²) in [4.78, 5) is 12.9. The van der Waals surface area contributed by atoms with Crippen LogP contribution in [0.1, 0.15) is 30.0 Å². The van der Waals surface area contributed by atoms with Gasteiger partial charge in [-0.05, 0) is 49.6 Å². The summed E-state index contributed by atoms with van der Waals surface area (Å²) in [6.45, 7) is 6.67. The number of fused-ring (bicyclic) bond motifs is 3. The molecule has 0 aliphatic carbocycles. The third-order valence-electron chi connectivity index (χ3n) is 4.84. The Balaban J connectivity index is 1.87. The molecule has 4 aromatic rings. The van der Waals surface area contributed by atoms with Crippen LogP contribution in [0.5, 0.6) is 0 Å². The number of thioether (sulfide) groups is 1. The highest BCUT2D eigenvalue weighted by atomic mass is 32.2. The Morgan fingerprint density at radius 2 is 1.93 bits per heavy atom. The number of aromatic nitrogens is 4. The van der Waals surface area contributed by atoms with Gasteiger partial charge in [-0.3, -0.25) is 13.8 Å². The predicted octanol–water partition coefficient (Wildman–Crippen LogP) is 4.50. The quantitative estimate of drug-likeness (QED) is 0.466. The minimum atomic E-state index is -0.426. The molecule has 7 heteroatoms. The molecule has 0 aliphatic heterocycles. The Labute approximate surface area is 166 Å². The number of rotatable bonds is 5. The van der Waals surface area contributed by atoms with Crippen molar-refractivity contribution in [2.45, 2.75) is 44.6 Å². The number of halogens is 1. The van der Waals surface area contributed by atoms with Gasteiger partial charge in [0.2, 0.25) is 5.78 Å². The molecular formula is C21H21FN4OS. The number of nitrogens with zero attached hydrogens (tertiary/aromatic N) is 4. The van der Waals surface area contributed by atoms with Crippen LogP contribution < -0.4 is 5.56 Å². The summed E-state index contributed by atoms with van der Waals surface area (Å²) >= 11 is 1.56. The van der Waals surface area contributed by atoms with Crippen LogP contribution in [0, 0.1) is 19.7 Å². The van der Waals surface area contributed by atoms with E-state index < -0.39 is 5.82 Å². The minimum Gasteiger partial charge on any atom is -0.276 e. The average Bonchev–Trinajstić information content (AvgIpc) is 3.09. The van der Waals surface area contributed by atoms with Crippen molar-refractivity contribution in [2.75, 3.05) is 0 Å². The molecule has 0 atom stereocenters. The first-order valence-corrected chi connectivity index (χ1v) is 10.2. The van der Waals surface area contributed by atoms with Gasteiger partial charge in [0, 0.05) is 12.3 Å². The lowest BCUT2D eigenvalue weighted by molar-refractivity contribution is 0.627. The largest absolute Gasteiger partial charge is 0.276 e. The minimum absolute atomic E-state index is 0.234. The van der Waals surface area contributed by atoms with Gasteiger partial charge in [-0.1, -0.05) is 42.4 Å². The van der Waals surface area contributed by atoms with E-state index in [1.165, 1.54) is 28.8 Å². The molecule has 2 aromatic carbocycles. The SMILES string of the molecule is CCCn1c(=O)c2cc(F)ccc2n2c(SCc3cc(C)ccc3C)nnc12. The van der Waals surface area contributed by atoms with Gasteiger partial charge in [0.05, 0.1) is 10.9 Å². The molecule has 5 nitrogen and oxygen atoms in total. The molecule has 0 spiro atoms. The fourth-order valence-corrected chi connectivity index (χ4v) is 4.38. The zero-order valence-corrected chi connectivity index (χ0v) is 16.9. The molecule has 2 heterocycles. The summed E-state index contributed by atoms with van der Waals surface area (Å²) in [5.74, 6) is 0.809. The molecule has 0 fully saturated rings. The lowest BCUT2D eigenvalue weighted by Gasteiger charge is -2.11. The van der Waals surface area contributed by atoms with Crippen molar-refractivity contribution in [1.29, 1.82) is 0 Å². The molecule has 4 rings (SSSR count). The number of hydrogen-bond donors (Lipinski definition) is 0. The number of benzene rings is 2. The van der Waals surface area contributed by atoms with Crippen molar-refractivity contribution in [1.82, 2.24) is 19.2 Å². The number of aryl methyl sites for hydroxylation is 3. The van der Waals surface area contributed by atoms with Gasteiger partial charge in [-0.25, -0.2) is 4.39 Å². The van der Waals surface area contributed by atoms with Crippen molar-refractivity contribution in [3.8, 4) is 0 Å². The van der Waals surface area contributed by atoms with Gasteiger partial charge in [-0.2, -0.15) is 0 Å². The standard InChI is InChI=1S/C21H21FN4OS/c1-4-9-25-19(27)17-11-16(22)7-8-18(17)26-20(25)23-24-21(26)28-12-15-10-13(2)5-6-14(15)3/h5-8,10-11H,4,9,12H2,1-3H3. The highest BCUT2D eigenvalue weighted by molar-refractivity contribution is 7.98. The molecule has 0 aliphatic rings. The maximum Gasteiger partial charge on any atom is 0.262 e. The van der Waals surface area contributed by atoms with E-state index in [1.54, 1.807) is 22.4 Å². The zero-order valence-electron chi connectivity index (χ0n) is 16.1. The smallest absolute Gasteiger partial charge is 0.262 e. The molecule has 0 saturated carbocycles. The second-order valence-corrected chi connectivity index (χ2v) is 7.90. The van der Waals surface area contributed by atoms with Gasteiger partial charge >= 0.3 is 0 Å². The molecule has 2 aromatic heterocycles. The van der Waals surface area contributed by atoms with Crippen LogP contribution in [-0.4, -0.2) is 19.2 Å². The normalized spacial score (nSPS) is 11.6. The summed E-state index contributed by atoms with van der Waals surface area (Å²) < 4.78 is 17.3. The molecule has 0 saturated heterocycles. The van der Waals surface area contributed by atoms with Gasteiger partial charge in [0.25, 0.3) is 5.56 Å². The predicted molar refractivity (Wildman–Crippen MR) is 110 cm³/mol. The maximum absolute atomic E-state index is 13.8. The molecule has 0 radical (unpaired) electrons. The van der Waals surface area contributed by atoms with E-state index in [1.807, 2.05) is 11.3 Å². The van der Waals surface area contributed by atoms with Crippen molar-refractivity contribution < 1.29 is 4.39 Å². The van der Waals surface area contributed by atoms with Crippen molar-refractivity contribution in [2.24, 2.45) is 0 Å². The lowest BCUT2D eigenvalue weighted by Crippen LogP contribution is -2.23. The molecule has 144 valence electrons. The van der Waals surface area contributed by atoms with Crippen LogP contribution >= 0.6 is 11.8 Å². The lowest BCUT2D eigenvalue weighted by atomic mass is 10.1. The van der Waals surface area contributed by atoms with Crippen LogP contribution in [-0.2, 0) is 12.3 Å². The fourth-order valence-electron chi connectivity index (χ4n) is 3.38. The number of hydrogen-bond acceptors (Lipinski definition) is 4. The van der Waals surface area contributed by atoms with E-state index >= 15 is 0 Å². The van der Waals surface area contributed by atoms with Crippen LogP contribution in [0.25, 0.3) is 16.7 Å². The Hall–Kier alpha value is -2.67. The van der Waals surface area contributed by atoms with Crippen molar-refractivity contribution in [3.63, 3.8) is 0 Å². The van der Waals surface area contributed by atoms with Crippen LogP contribution in [0.2, 0.25) is 0 Å². The Morgan fingerprint density at radius 3 is 2.71 bits per heavy atom. The second kappa shape index (κ2) is 7.39. The van der Waals surface area contributed by atoms with Crippen LogP contribution in [0.3, 0.4) is 0 Å². The van der Waals surface area contributed by atoms with E-state index in [0.29, 0.717) is 28.4 Å². The molecule has 28 heavy (non-hydrogen) atoms. The first-order chi connectivity index (χ1) is 13.5. The highest BCUT2D eigenvalue weighted by Crippen LogP contribution is 2.26. The van der Waals surface area contributed by atoms with Gasteiger partial charge in [0.1, 0.15) is 5.82 Å². The van der Waals surface area contributed by atoms with Gasteiger partial charge in [-0.15, -0.1) is 10.2 Å². The molecule has 0 bridgehead atoms. The Morgan fingerprint density at radius 1 is 1.11 bits per heavy atom. The zero-order chi connectivity index (χ0) is 19.8. The van der Waals surface area contributed by atoms with Crippen molar-refractivity contribution >= 4 is 28.4 Å². The topological polar surface area (TPSA) is 52.2 Å².